The van der Waals surface area contributed by atoms with Crippen molar-refractivity contribution in [2.24, 2.45) is 0 Å². The number of ether oxygens (including phenoxy) is 1. The van der Waals surface area contributed by atoms with Gasteiger partial charge < -0.3 is 15.4 Å². The second-order valence-corrected chi connectivity index (χ2v) is 4.25. The maximum absolute atomic E-state index is 11.2. The van der Waals surface area contributed by atoms with Gasteiger partial charge in [0.1, 0.15) is 5.60 Å². The van der Waals surface area contributed by atoms with Gasteiger partial charge in [0.05, 0.1) is 0 Å². The molecule has 2 N–H and O–H groups in total. The van der Waals surface area contributed by atoms with E-state index in [-0.39, 0.29) is 18.9 Å². The van der Waals surface area contributed by atoms with Gasteiger partial charge in [-0.2, -0.15) is 0 Å². The van der Waals surface area contributed by atoms with Crippen molar-refractivity contribution < 1.29 is 14.3 Å². The first-order chi connectivity index (χ1) is 7.35. The van der Waals surface area contributed by atoms with Crippen LogP contribution in [0.15, 0.2) is 12.3 Å². The van der Waals surface area contributed by atoms with E-state index in [2.05, 4.69) is 10.6 Å². The molecule has 2 amide bonds. The SMILES string of the molecule is C/C=C\NC(=O)CCNC(=O)OC(C)(C)C. The fourth-order valence-electron chi connectivity index (χ4n) is 0.841. The average molecular weight is 228 g/mol. The standard InChI is InChI=1S/C11H20N2O3/c1-5-7-12-9(14)6-8-13-10(15)16-11(2,3)4/h5,7H,6,8H2,1-4H3,(H,12,14)(H,13,15)/b7-5-. The molecule has 0 bridgehead atoms. The molecule has 0 fully saturated rings. The molecule has 0 heterocycles. The summed E-state index contributed by atoms with van der Waals surface area (Å²) in [6.45, 7) is 7.42. The molecule has 16 heavy (non-hydrogen) atoms. The van der Waals surface area contributed by atoms with E-state index in [1.807, 2.05) is 0 Å². The topological polar surface area (TPSA) is 67.4 Å². The van der Waals surface area contributed by atoms with Crippen molar-refractivity contribution in [2.45, 2.75) is 39.7 Å². The van der Waals surface area contributed by atoms with Crippen LogP contribution in [0, 0.1) is 0 Å². The van der Waals surface area contributed by atoms with E-state index in [9.17, 15) is 9.59 Å². The molecule has 5 heteroatoms. The summed E-state index contributed by atoms with van der Waals surface area (Å²) < 4.78 is 5.00. The van der Waals surface area contributed by atoms with Crippen LogP contribution < -0.4 is 10.6 Å². The normalized spacial score (nSPS) is 11.2. The summed E-state index contributed by atoms with van der Waals surface area (Å²) in [5.41, 5.74) is -0.517. The molecule has 0 aromatic heterocycles. The van der Waals surface area contributed by atoms with Gasteiger partial charge in [-0.15, -0.1) is 0 Å². The van der Waals surface area contributed by atoms with Gasteiger partial charge in [-0.25, -0.2) is 4.79 Å². The van der Waals surface area contributed by atoms with Gasteiger partial charge in [-0.3, -0.25) is 4.79 Å². The summed E-state index contributed by atoms with van der Waals surface area (Å²) in [5, 5.41) is 5.04. The van der Waals surface area contributed by atoms with Crippen molar-refractivity contribution >= 4 is 12.0 Å². The quantitative estimate of drug-likeness (QED) is 0.767. The lowest BCUT2D eigenvalue weighted by atomic mass is 10.2. The predicted octanol–water partition coefficient (Wildman–Crippen LogP) is 1.55. The van der Waals surface area contributed by atoms with Crippen molar-refractivity contribution in [3.05, 3.63) is 12.3 Å². The molecule has 0 aromatic rings. The Bertz CT molecular complexity index is 267. The number of hydrogen-bond acceptors (Lipinski definition) is 3. The van der Waals surface area contributed by atoms with E-state index < -0.39 is 11.7 Å². The third-order valence-corrected chi connectivity index (χ3v) is 1.43. The van der Waals surface area contributed by atoms with Gasteiger partial charge in [-0.1, -0.05) is 6.08 Å². The molecule has 0 rings (SSSR count). The highest BCUT2D eigenvalue weighted by atomic mass is 16.6. The fraction of sp³-hybridized carbons (Fsp3) is 0.636. The van der Waals surface area contributed by atoms with Crippen LogP contribution in [0.3, 0.4) is 0 Å². The number of hydrogen-bond donors (Lipinski definition) is 2. The van der Waals surface area contributed by atoms with Gasteiger partial charge in [0, 0.05) is 13.0 Å². The van der Waals surface area contributed by atoms with Crippen molar-refractivity contribution in [2.75, 3.05) is 6.54 Å². The minimum atomic E-state index is -0.517. The van der Waals surface area contributed by atoms with Gasteiger partial charge in [0.25, 0.3) is 0 Å². The predicted molar refractivity (Wildman–Crippen MR) is 61.8 cm³/mol. The lowest BCUT2D eigenvalue weighted by molar-refractivity contribution is -0.120. The zero-order valence-electron chi connectivity index (χ0n) is 10.3. The Balaban J connectivity index is 3.66. The summed E-state index contributed by atoms with van der Waals surface area (Å²) in [7, 11) is 0. The maximum Gasteiger partial charge on any atom is 0.407 e. The molecule has 0 spiro atoms. The third-order valence-electron chi connectivity index (χ3n) is 1.43. The van der Waals surface area contributed by atoms with Gasteiger partial charge >= 0.3 is 6.09 Å². The molecular weight excluding hydrogens is 208 g/mol. The number of alkyl carbamates (subject to hydrolysis) is 1. The molecule has 0 aliphatic rings. The molecule has 0 aliphatic carbocycles. The van der Waals surface area contributed by atoms with E-state index >= 15 is 0 Å². The fourth-order valence-corrected chi connectivity index (χ4v) is 0.841. The lowest BCUT2D eigenvalue weighted by Gasteiger charge is -2.19. The van der Waals surface area contributed by atoms with E-state index in [0.717, 1.165) is 0 Å². The first-order valence-electron chi connectivity index (χ1n) is 5.22. The number of amides is 2. The zero-order valence-corrected chi connectivity index (χ0v) is 10.3. The van der Waals surface area contributed by atoms with Crippen LogP contribution in [0.4, 0.5) is 4.79 Å². The Labute approximate surface area is 96.2 Å². The highest BCUT2D eigenvalue weighted by molar-refractivity contribution is 5.77. The van der Waals surface area contributed by atoms with Crippen LogP contribution in [0.5, 0.6) is 0 Å². The van der Waals surface area contributed by atoms with Crippen LogP contribution in [0.2, 0.25) is 0 Å². The second kappa shape index (κ2) is 6.87. The van der Waals surface area contributed by atoms with E-state index in [1.165, 1.54) is 0 Å². The zero-order chi connectivity index (χ0) is 12.6. The summed E-state index contributed by atoms with van der Waals surface area (Å²) in [6.07, 6.45) is 2.99. The minimum Gasteiger partial charge on any atom is -0.444 e. The van der Waals surface area contributed by atoms with E-state index in [0.29, 0.717) is 0 Å². The molecule has 0 unspecified atom stereocenters. The Morgan fingerprint density at radius 2 is 1.94 bits per heavy atom. The monoisotopic (exact) mass is 228 g/mol. The first-order valence-corrected chi connectivity index (χ1v) is 5.22. The van der Waals surface area contributed by atoms with Crippen LogP contribution in [0.25, 0.3) is 0 Å². The molecule has 0 saturated carbocycles. The van der Waals surface area contributed by atoms with Crippen molar-refractivity contribution in [1.82, 2.24) is 10.6 Å². The minimum absolute atomic E-state index is 0.144. The van der Waals surface area contributed by atoms with Gasteiger partial charge in [0.2, 0.25) is 5.91 Å². The van der Waals surface area contributed by atoms with Crippen LogP contribution in [-0.2, 0) is 9.53 Å². The van der Waals surface area contributed by atoms with Crippen LogP contribution >= 0.6 is 0 Å². The number of carbonyl (C=O) groups excluding carboxylic acids is 2. The van der Waals surface area contributed by atoms with Crippen molar-refractivity contribution in [3.8, 4) is 0 Å². The third kappa shape index (κ3) is 9.05. The Hall–Kier alpha value is -1.52. The number of nitrogens with one attached hydrogen (secondary N) is 2. The molecule has 0 radical (unpaired) electrons. The number of rotatable bonds is 4. The Morgan fingerprint density at radius 1 is 1.31 bits per heavy atom. The molecule has 0 saturated heterocycles. The van der Waals surface area contributed by atoms with Crippen molar-refractivity contribution in [1.29, 1.82) is 0 Å². The van der Waals surface area contributed by atoms with Crippen LogP contribution in [0.1, 0.15) is 34.1 Å². The van der Waals surface area contributed by atoms with Crippen molar-refractivity contribution in [3.63, 3.8) is 0 Å². The first kappa shape index (κ1) is 14.5. The lowest BCUT2D eigenvalue weighted by Crippen LogP contribution is -2.34. The highest BCUT2D eigenvalue weighted by Crippen LogP contribution is 2.06. The number of allylic oxidation sites excluding steroid dienone is 1. The molecule has 0 aromatic carbocycles. The summed E-state index contributed by atoms with van der Waals surface area (Å²) >= 11 is 0. The van der Waals surface area contributed by atoms with E-state index in [4.69, 9.17) is 4.74 Å². The summed E-state index contributed by atoms with van der Waals surface area (Å²) in [4.78, 5) is 22.3. The average Bonchev–Trinajstić information content (AvgIpc) is 2.11. The molecule has 0 atom stereocenters. The number of carbonyl (C=O) groups is 2. The highest BCUT2D eigenvalue weighted by Gasteiger charge is 2.15. The summed E-state index contributed by atoms with van der Waals surface area (Å²) in [6, 6.07) is 0. The van der Waals surface area contributed by atoms with Crippen LogP contribution in [-0.4, -0.2) is 24.1 Å². The smallest absolute Gasteiger partial charge is 0.407 e. The van der Waals surface area contributed by atoms with Gasteiger partial charge in [0.15, 0.2) is 0 Å². The summed E-state index contributed by atoms with van der Waals surface area (Å²) in [5.74, 6) is -0.144. The Morgan fingerprint density at radius 3 is 2.44 bits per heavy atom. The van der Waals surface area contributed by atoms with E-state index in [1.54, 1.807) is 40.0 Å². The molecule has 92 valence electrons. The molecule has 0 aliphatic heterocycles. The molecule has 5 nitrogen and oxygen atoms in total. The Kier molecular flexibility index (Phi) is 6.22. The largest absolute Gasteiger partial charge is 0.444 e. The van der Waals surface area contributed by atoms with Gasteiger partial charge in [-0.05, 0) is 33.9 Å². The molecular formula is C11H20N2O3. The maximum atomic E-state index is 11.2. The second-order valence-electron chi connectivity index (χ2n) is 4.25.